The first-order chi connectivity index (χ1) is 29.5. The normalized spacial score (nSPS) is 21.8. The Balaban J connectivity index is 1.25. The van der Waals surface area contributed by atoms with Crippen LogP contribution in [0.2, 0.25) is 0 Å². The SMILES string of the molecule is Cc1cc(OCc2ccccc2)c([C@]2(O)S[C@@H](COCc3ccccc3)[C@@H](OCc3ccccc3)[C@H](OCc3ccccc3)[C@H]2OCc2ccccc2)cc1C1OCCO1. The molecule has 1 N–H and O–H groups in total. The third-order valence-electron chi connectivity index (χ3n) is 10.8. The van der Waals surface area contributed by atoms with Crippen molar-refractivity contribution in [2.45, 2.75) is 74.7 Å². The van der Waals surface area contributed by atoms with E-state index in [9.17, 15) is 5.11 Å². The topological polar surface area (TPSA) is 84.8 Å². The van der Waals surface area contributed by atoms with Crippen LogP contribution in [0.4, 0.5) is 0 Å². The largest absolute Gasteiger partial charge is 0.488 e. The maximum atomic E-state index is 13.9. The van der Waals surface area contributed by atoms with Crippen LogP contribution in [0, 0.1) is 6.92 Å². The smallest absolute Gasteiger partial charge is 0.184 e. The molecule has 0 bridgehead atoms. The predicted octanol–water partition coefficient (Wildman–Crippen LogP) is 9.85. The van der Waals surface area contributed by atoms with Crippen molar-refractivity contribution in [3.63, 3.8) is 0 Å². The second-order valence-corrected chi connectivity index (χ2v) is 16.6. The molecule has 5 atom stereocenters. The Morgan fingerprint density at radius 3 is 1.53 bits per heavy atom. The van der Waals surface area contributed by atoms with Crippen LogP contribution in [-0.2, 0) is 66.4 Å². The molecule has 0 unspecified atom stereocenters. The number of aliphatic hydroxyl groups is 1. The lowest BCUT2D eigenvalue weighted by Crippen LogP contribution is -2.61. The lowest BCUT2D eigenvalue weighted by atomic mass is 9.90. The molecule has 0 saturated carbocycles. The van der Waals surface area contributed by atoms with E-state index in [2.05, 4.69) is 0 Å². The fourth-order valence-corrected chi connectivity index (χ4v) is 9.31. The van der Waals surface area contributed by atoms with Gasteiger partial charge in [0.25, 0.3) is 0 Å². The van der Waals surface area contributed by atoms with E-state index in [1.54, 1.807) is 0 Å². The number of benzene rings is 6. The van der Waals surface area contributed by atoms with E-state index in [1.807, 2.05) is 171 Å². The van der Waals surface area contributed by atoms with Crippen molar-refractivity contribution in [1.82, 2.24) is 0 Å². The Bertz CT molecular complexity index is 2190. The molecule has 0 spiro atoms. The van der Waals surface area contributed by atoms with Crippen molar-refractivity contribution in [2.75, 3.05) is 19.8 Å². The van der Waals surface area contributed by atoms with Crippen LogP contribution in [0.15, 0.2) is 164 Å². The van der Waals surface area contributed by atoms with Crippen LogP contribution in [0.1, 0.15) is 50.8 Å². The van der Waals surface area contributed by atoms with Crippen LogP contribution in [0.5, 0.6) is 5.75 Å². The molecule has 2 aliphatic rings. The zero-order valence-corrected chi connectivity index (χ0v) is 34.7. The van der Waals surface area contributed by atoms with Crippen molar-refractivity contribution in [3.8, 4) is 5.75 Å². The highest BCUT2D eigenvalue weighted by atomic mass is 32.2. The highest BCUT2D eigenvalue weighted by molar-refractivity contribution is 8.00. The molecular weight excluding hydrogens is 773 g/mol. The van der Waals surface area contributed by atoms with Crippen molar-refractivity contribution < 1.29 is 38.3 Å². The summed E-state index contributed by atoms with van der Waals surface area (Å²) in [5.41, 5.74) is 7.27. The summed E-state index contributed by atoms with van der Waals surface area (Å²) in [6.07, 6.45) is -2.90. The zero-order valence-electron chi connectivity index (χ0n) is 33.8. The van der Waals surface area contributed by atoms with E-state index >= 15 is 0 Å². The molecule has 6 aromatic rings. The van der Waals surface area contributed by atoms with Crippen molar-refractivity contribution >= 4 is 11.8 Å². The first-order valence-electron chi connectivity index (χ1n) is 20.6. The van der Waals surface area contributed by atoms with E-state index < -0.39 is 34.8 Å². The van der Waals surface area contributed by atoms with Gasteiger partial charge in [-0.15, -0.1) is 11.8 Å². The van der Waals surface area contributed by atoms with Crippen molar-refractivity contribution in [1.29, 1.82) is 0 Å². The Kier molecular flexibility index (Phi) is 14.4. The van der Waals surface area contributed by atoms with Crippen LogP contribution in [0.3, 0.4) is 0 Å². The summed E-state index contributed by atoms with van der Waals surface area (Å²) in [4.78, 5) is -1.75. The van der Waals surface area contributed by atoms with Gasteiger partial charge in [-0.25, -0.2) is 0 Å². The number of hydrogen-bond acceptors (Lipinski definition) is 9. The predicted molar refractivity (Wildman–Crippen MR) is 233 cm³/mol. The van der Waals surface area contributed by atoms with Gasteiger partial charge in [-0.2, -0.15) is 0 Å². The highest BCUT2D eigenvalue weighted by Crippen LogP contribution is 2.53. The molecule has 0 aliphatic carbocycles. The Labute approximate surface area is 357 Å². The van der Waals surface area contributed by atoms with E-state index in [1.165, 1.54) is 11.8 Å². The summed E-state index contributed by atoms with van der Waals surface area (Å²) in [7, 11) is 0. The van der Waals surface area contributed by atoms with Gasteiger partial charge in [-0.3, -0.25) is 0 Å². The van der Waals surface area contributed by atoms with Gasteiger partial charge in [-0.05, 0) is 52.4 Å². The zero-order chi connectivity index (χ0) is 41.0. The van der Waals surface area contributed by atoms with E-state index in [0.29, 0.717) is 44.3 Å². The molecule has 2 aliphatic heterocycles. The molecule has 2 saturated heterocycles. The number of rotatable bonds is 18. The lowest BCUT2D eigenvalue weighted by molar-refractivity contribution is -0.199. The monoisotopic (exact) mass is 824 g/mol. The van der Waals surface area contributed by atoms with E-state index in [0.717, 1.165) is 38.9 Å². The van der Waals surface area contributed by atoms with Gasteiger partial charge in [0, 0.05) is 11.1 Å². The number of hydrogen-bond donors (Lipinski definition) is 1. The second-order valence-electron chi connectivity index (χ2n) is 15.1. The molecule has 2 heterocycles. The third-order valence-corrected chi connectivity index (χ3v) is 12.3. The van der Waals surface area contributed by atoms with E-state index in [-0.39, 0.29) is 19.8 Å². The molecule has 6 aromatic carbocycles. The minimum atomic E-state index is -1.75. The fourth-order valence-electron chi connectivity index (χ4n) is 7.69. The molecule has 8 rings (SSSR count). The standard InChI is InChI=1S/C51H52O8S/c1-37-29-45(56-32-39-19-9-3-10-20-39)44(30-43(37)50-54-27-28-55-50)51(52)49(59-35-42-25-15-6-16-26-42)48(58-34-41-23-13-5-14-24-41)47(57-33-40-21-11-4-12-22-40)46(60-51)36-53-31-38-17-7-2-8-18-38/h2-26,29-30,46-50,52H,27-28,31-36H2,1H3/t46-,47+,48-,49+,51-/m0/s1. The summed E-state index contributed by atoms with van der Waals surface area (Å²) >= 11 is 1.37. The summed E-state index contributed by atoms with van der Waals surface area (Å²) in [5.74, 6) is 0.524. The summed E-state index contributed by atoms with van der Waals surface area (Å²) in [6.45, 7) is 4.71. The minimum absolute atomic E-state index is 0.216. The Morgan fingerprint density at radius 2 is 1.02 bits per heavy atom. The summed E-state index contributed by atoms with van der Waals surface area (Å²) in [5, 5.41) is 13.4. The first-order valence-corrected chi connectivity index (χ1v) is 21.4. The Morgan fingerprint density at radius 1 is 0.567 bits per heavy atom. The van der Waals surface area contributed by atoms with Crippen LogP contribution in [-0.4, -0.2) is 48.5 Å². The van der Waals surface area contributed by atoms with Crippen molar-refractivity contribution in [2.24, 2.45) is 0 Å². The third kappa shape index (κ3) is 10.5. The number of thioether (sulfide) groups is 1. The van der Waals surface area contributed by atoms with Gasteiger partial charge in [0.2, 0.25) is 0 Å². The quantitative estimate of drug-likeness (QED) is 0.0911. The maximum absolute atomic E-state index is 13.9. The Hall–Kier alpha value is -4.81. The maximum Gasteiger partial charge on any atom is 0.184 e. The van der Waals surface area contributed by atoms with Gasteiger partial charge in [0.15, 0.2) is 11.2 Å². The number of aryl methyl sites for hydroxylation is 1. The lowest BCUT2D eigenvalue weighted by Gasteiger charge is -2.50. The van der Waals surface area contributed by atoms with Crippen molar-refractivity contribution in [3.05, 3.63) is 208 Å². The minimum Gasteiger partial charge on any atom is -0.488 e. The molecule has 60 heavy (non-hydrogen) atoms. The summed E-state index contributed by atoms with van der Waals surface area (Å²) in [6, 6.07) is 54.2. The van der Waals surface area contributed by atoms with Gasteiger partial charge in [0.1, 0.15) is 30.7 Å². The molecule has 310 valence electrons. The fraction of sp³-hybridized carbons (Fsp3) is 0.294. The molecule has 2 fully saturated rings. The molecule has 0 amide bonds. The average molecular weight is 825 g/mol. The van der Waals surface area contributed by atoms with E-state index in [4.69, 9.17) is 33.2 Å². The highest BCUT2D eigenvalue weighted by Gasteiger charge is 2.58. The van der Waals surface area contributed by atoms with Gasteiger partial charge in [0.05, 0.1) is 51.5 Å². The van der Waals surface area contributed by atoms with Crippen LogP contribution in [0.25, 0.3) is 0 Å². The van der Waals surface area contributed by atoms with Gasteiger partial charge >= 0.3 is 0 Å². The molecule has 0 radical (unpaired) electrons. The van der Waals surface area contributed by atoms with Crippen LogP contribution < -0.4 is 4.74 Å². The number of ether oxygens (including phenoxy) is 7. The van der Waals surface area contributed by atoms with Gasteiger partial charge < -0.3 is 38.3 Å². The molecule has 9 heteroatoms. The second kappa shape index (κ2) is 20.6. The molecular formula is C51H52O8S. The molecule has 0 aromatic heterocycles. The molecule has 8 nitrogen and oxygen atoms in total. The van der Waals surface area contributed by atoms with Crippen LogP contribution >= 0.6 is 11.8 Å². The summed E-state index contributed by atoms with van der Waals surface area (Å²) < 4.78 is 46.4. The van der Waals surface area contributed by atoms with Gasteiger partial charge in [-0.1, -0.05) is 152 Å². The average Bonchev–Trinajstić information content (AvgIpc) is 3.84. The first kappa shape index (κ1) is 41.9.